The molecule has 72 valence electrons. The van der Waals surface area contributed by atoms with Crippen LogP contribution in [0.15, 0.2) is 18.2 Å². The first-order valence-corrected chi connectivity index (χ1v) is 4.26. The maximum Gasteiger partial charge on any atom is 0.123 e. The fourth-order valence-corrected chi connectivity index (χ4v) is 1.15. The van der Waals surface area contributed by atoms with Crippen molar-refractivity contribution in [2.24, 2.45) is 11.7 Å². The van der Waals surface area contributed by atoms with Gasteiger partial charge in [-0.25, -0.2) is 4.39 Å². The van der Waals surface area contributed by atoms with Crippen LogP contribution < -0.4 is 5.73 Å². The van der Waals surface area contributed by atoms with Gasteiger partial charge in [0.15, 0.2) is 0 Å². The Hall–Kier alpha value is -1.09. The number of halogens is 1. The lowest BCUT2D eigenvalue weighted by Gasteiger charge is -2.17. The molecule has 1 aromatic rings. The Morgan fingerprint density at radius 3 is 2.54 bits per heavy atom. The van der Waals surface area contributed by atoms with Gasteiger partial charge in [0.05, 0.1) is 0 Å². The van der Waals surface area contributed by atoms with Crippen LogP contribution in [0.3, 0.4) is 0 Å². The van der Waals surface area contributed by atoms with E-state index in [9.17, 15) is 9.50 Å². The van der Waals surface area contributed by atoms with Crippen molar-refractivity contribution in [3.8, 4) is 5.75 Å². The fourth-order valence-electron chi connectivity index (χ4n) is 1.15. The van der Waals surface area contributed by atoms with Crippen LogP contribution in [-0.2, 0) is 0 Å². The molecule has 0 aliphatic rings. The van der Waals surface area contributed by atoms with Gasteiger partial charge in [0.25, 0.3) is 0 Å². The highest BCUT2D eigenvalue weighted by molar-refractivity contribution is 5.35. The summed E-state index contributed by atoms with van der Waals surface area (Å²) in [6.45, 7) is 3.85. The molecule has 0 aliphatic carbocycles. The van der Waals surface area contributed by atoms with E-state index in [-0.39, 0.29) is 23.5 Å². The summed E-state index contributed by atoms with van der Waals surface area (Å²) in [5, 5.41) is 9.41. The van der Waals surface area contributed by atoms with Gasteiger partial charge in [-0.2, -0.15) is 0 Å². The molecule has 0 aromatic heterocycles. The van der Waals surface area contributed by atoms with Crippen molar-refractivity contribution in [1.29, 1.82) is 0 Å². The molecule has 0 bridgehead atoms. The first-order chi connectivity index (χ1) is 6.02. The Morgan fingerprint density at radius 2 is 2.00 bits per heavy atom. The third kappa shape index (κ3) is 2.18. The molecule has 1 aromatic carbocycles. The van der Waals surface area contributed by atoms with Gasteiger partial charge in [-0.05, 0) is 24.1 Å². The second kappa shape index (κ2) is 3.75. The van der Waals surface area contributed by atoms with E-state index in [2.05, 4.69) is 0 Å². The molecule has 1 rings (SSSR count). The zero-order chi connectivity index (χ0) is 10.0. The number of phenols is 1. The van der Waals surface area contributed by atoms with Gasteiger partial charge in [0.2, 0.25) is 0 Å². The van der Waals surface area contributed by atoms with E-state index in [0.29, 0.717) is 5.56 Å². The van der Waals surface area contributed by atoms with Crippen molar-refractivity contribution < 1.29 is 9.50 Å². The van der Waals surface area contributed by atoms with E-state index < -0.39 is 0 Å². The number of rotatable bonds is 2. The highest BCUT2D eigenvalue weighted by Gasteiger charge is 2.14. The van der Waals surface area contributed by atoms with Gasteiger partial charge < -0.3 is 10.8 Å². The molecule has 2 nitrogen and oxygen atoms in total. The zero-order valence-corrected chi connectivity index (χ0v) is 7.79. The Labute approximate surface area is 77.2 Å². The Kier molecular flexibility index (Phi) is 2.88. The van der Waals surface area contributed by atoms with Crippen molar-refractivity contribution in [3.63, 3.8) is 0 Å². The second-order valence-electron chi connectivity index (χ2n) is 3.47. The molecule has 3 N–H and O–H groups in total. The van der Waals surface area contributed by atoms with Gasteiger partial charge in [-0.1, -0.05) is 13.8 Å². The third-order valence-electron chi connectivity index (χ3n) is 2.07. The summed E-state index contributed by atoms with van der Waals surface area (Å²) in [7, 11) is 0. The number of hydrogen-bond donors (Lipinski definition) is 2. The Morgan fingerprint density at radius 1 is 1.38 bits per heavy atom. The van der Waals surface area contributed by atoms with E-state index in [0.717, 1.165) is 0 Å². The van der Waals surface area contributed by atoms with E-state index in [1.54, 1.807) is 0 Å². The maximum absolute atomic E-state index is 12.8. The number of aromatic hydroxyl groups is 1. The summed E-state index contributed by atoms with van der Waals surface area (Å²) in [4.78, 5) is 0. The normalized spacial score (nSPS) is 13.3. The van der Waals surface area contributed by atoms with Crippen molar-refractivity contribution in [3.05, 3.63) is 29.6 Å². The van der Waals surface area contributed by atoms with Crippen LogP contribution in [-0.4, -0.2) is 5.11 Å². The monoisotopic (exact) mass is 183 g/mol. The smallest absolute Gasteiger partial charge is 0.123 e. The van der Waals surface area contributed by atoms with Crippen molar-refractivity contribution in [1.82, 2.24) is 0 Å². The minimum Gasteiger partial charge on any atom is -0.508 e. The molecule has 0 radical (unpaired) electrons. The summed E-state index contributed by atoms with van der Waals surface area (Å²) in [6.07, 6.45) is 0. The summed E-state index contributed by atoms with van der Waals surface area (Å²) < 4.78 is 12.8. The first kappa shape index (κ1) is 9.99. The second-order valence-corrected chi connectivity index (χ2v) is 3.47. The van der Waals surface area contributed by atoms with Crippen LogP contribution in [0.1, 0.15) is 25.5 Å². The average Bonchev–Trinajstić information content (AvgIpc) is 2.08. The van der Waals surface area contributed by atoms with Crippen LogP contribution in [0.25, 0.3) is 0 Å². The van der Waals surface area contributed by atoms with Gasteiger partial charge in [0.1, 0.15) is 11.6 Å². The van der Waals surface area contributed by atoms with Gasteiger partial charge in [0, 0.05) is 11.6 Å². The van der Waals surface area contributed by atoms with Crippen molar-refractivity contribution >= 4 is 0 Å². The summed E-state index contributed by atoms with van der Waals surface area (Å²) in [6, 6.07) is 3.49. The number of benzene rings is 1. The van der Waals surface area contributed by atoms with Crippen LogP contribution in [0.2, 0.25) is 0 Å². The molecule has 0 spiro atoms. The van der Waals surface area contributed by atoms with Crippen molar-refractivity contribution in [2.45, 2.75) is 19.9 Å². The predicted molar refractivity (Wildman–Crippen MR) is 49.8 cm³/mol. The van der Waals surface area contributed by atoms with Crippen LogP contribution in [0.4, 0.5) is 4.39 Å². The zero-order valence-electron chi connectivity index (χ0n) is 7.79. The van der Waals surface area contributed by atoms with E-state index >= 15 is 0 Å². The molecule has 1 unspecified atom stereocenters. The lowest BCUT2D eigenvalue weighted by atomic mass is 9.96. The fraction of sp³-hybridized carbons (Fsp3) is 0.400. The molecule has 3 heteroatoms. The standard InChI is InChI=1S/C10H14FNO/c1-6(2)10(12)8-5-7(11)3-4-9(8)13/h3-6,10,13H,12H2,1-2H3. The molecule has 0 saturated carbocycles. The van der Waals surface area contributed by atoms with E-state index in [1.807, 2.05) is 13.8 Å². The number of phenolic OH excluding ortho intramolecular Hbond substituents is 1. The molecule has 0 saturated heterocycles. The predicted octanol–water partition coefficient (Wildman–Crippen LogP) is 2.19. The Bertz CT molecular complexity index is 299. The number of nitrogens with two attached hydrogens (primary N) is 1. The minimum absolute atomic E-state index is 0.0580. The summed E-state index contributed by atoms with van der Waals surface area (Å²) >= 11 is 0. The lowest BCUT2D eigenvalue weighted by Crippen LogP contribution is -2.16. The highest BCUT2D eigenvalue weighted by Crippen LogP contribution is 2.27. The summed E-state index contributed by atoms with van der Waals surface area (Å²) in [5.74, 6) is -0.140. The van der Waals surface area contributed by atoms with Crippen LogP contribution >= 0.6 is 0 Å². The van der Waals surface area contributed by atoms with Gasteiger partial charge in [-0.3, -0.25) is 0 Å². The molecule has 0 aliphatic heterocycles. The lowest BCUT2D eigenvalue weighted by molar-refractivity contribution is 0.436. The van der Waals surface area contributed by atoms with E-state index in [4.69, 9.17) is 5.73 Å². The van der Waals surface area contributed by atoms with Gasteiger partial charge >= 0.3 is 0 Å². The first-order valence-electron chi connectivity index (χ1n) is 4.26. The van der Waals surface area contributed by atoms with Crippen LogP contribution in [0.5, 0.6) is 5.75 Å². The Balaban J connectivity index is 3.05. The summed E-state index contributed by atoms with van der Waals surface area (Å²) in [5.41, 5.74) is 6.25. The third-order valence-corrected chi connectivity index (χ3v) is 2.07. The molecule has 1 atom stereocenters. The number of hydrogen-bond acceptors (Lipinski definition) is 2. The van der Waals surface area contributed by atoms with Crippen LogP contribution in [0, 0.1) is 11.7 Å². The van der Waals surface area contributed by atoms with E-state index in [1.165, 1.54) is 18.2 Å². The largest absolute Gasteiger partial charge is 0.508 e. The quantitative estimate of drug-likeness (QED) is 0.738. The SMILES string of the molecule is CC(C)C(N)c1cc(F)ccc1O. The highest BCUT2D eigenvalue weighted by atomic mass is 19.1. The molecular weight excluding hydrogens is 169 g/mol. The molecular formula is C10H14FNO. The van der Waals surface area contributed by atoms with Crippen molar-refractivity contribution in [2.75, 3.05) is 0 Å². The minimum atomic E-state index is -0.371. The average molecular weight is 183 g/mol. The molecule has 0 fully saturated rings. The molecule has 0 heterocycles. The molecule has 13 heavy (non-hydrogen) atoms. The molecule has 0 amide bonds. The topological polar surface area (TPSA) is 46.2 Å². The maximum atomic E-state index is 12.8. The van der Waals surface area contributed by atoms with Gasteiger partial charge in [-0.15, -0.1) is 0 Å².